The van der Waals surface area contributed by atoms with Crippen molar-refractivity contribution in [1.29, 1.82) is 0 Å². The lowest BCUT2D eigenvalue weighted by Crippen LogP contribution is -2.42. The molecule has 0 saturated heterocycles. The van der Waals surface area contributed by atoms with E-state index in [-0.39, 0.29) is 18.4 Å². The molecule has 1 aliphatic rings. The van der Waals surface area contributed by atoms with Gasteiger partial charge < -0.3 is 19.7 Å². The third-order valence-electron chi connectivity index (χ3n) is 4.35. The van der Waals surface area contributed by atoms with Crippen molar-refractivity contribution in [3.05, 3.63) is 54.6 Å². The molecule has 1 aliphatic heterocycles. The van der Waals surface area contributed by atoms with E-state index in [1.165, 1.54) is 4.90 Å². The molecule has 146 valence electrons. The molecule has 0 aromatic heterocycles. The molecule has 2 amide bonds. The maximum Gasteiger partial charge on any atom is 0.347 e. The molecule has 2 aromatic rings. The Hall–Kier alpha value is -3.35. The van der Waals surface area contributed by atoms with E-state index in [1.54, 1.807) is 62.4 Å². The summed E-state index contributed by atoms with van der Waals surface area (Å²) in [7, 11) is 0. The smallest absolute Gasteiger partial charge is 0.347 e. The number of hydrogen-bond donors (Lipinski definition) is 1. The van der Waals surface area contributed by atoms with Crippen molar-refractivity contribution in [3.8, 4) is 5.75 Å². The SMILES string of the molecule is C[C@@H](Oc1ccccc1)C(=O)OCC(=O)N1c2ccccc2NC(=O)C[C@@H]1C. The summed E-state index contributed by atoms with van der Waals surface area (Å²) >= 11 is 0. The Morgan fingerprint density at radius 2 is 1.82 bits per heavy atom. The molecular formula is C21H22N2O5. The highest BCUT2D eigenvalue weighted by molar-refractivity contribution is 6.05. The van der Waals surface area contributed by atoms with Gasteiger partial charge in [0.25, 0.3) is 5.91 Å². The molecule has 2 atom stereocenters. The van der Waals surface area contributed by atoms with Crippen molar-refractivity contribution in [2.45, 2.75) is 32.4 Å². The van der Waals surface area contributed by atoms with E-state index in [2.05, 4.69) is 5.32 Å². The highest BCUT2D eigenvalue weighted by atomic mass is 16.6. The van der Waals surface area contributed by atoms with Gasteiger partial charge in [-0.05, 0) is 38.1 Å². The number of rotatable bonds is 5. The Morgan fingerprint density at radius 1 is 1.14 bits per heavy atom. The molecular weight excluding hydrogens is 360 g/mol. The number of ether oxygens (including phenoxy) is 2. The fraction of sp³-hybridized carbons (Fsp3) is 0.286. The molecule has 0 bridgehead atoms. The van der Waals surface area contributed by atoms with Crippen molar-refractivity contribution < 1.29 is 23.9 Å². The number of carbonyl (C=O) groups excluding carboxylic acids is 3. The lowest BCUT2D eigenvalue weighted by Gasteiger charge is -2.27. The number of para-hydroxylation sites is 3. The Labute approximate surface area is 163 Å². The average Bonchev–Trinajstić information content (AvgIpc) is 2.80. The van der Waals surface area contributed by atoms with Gasteiger partial charge in [-0.1, -0.05) is 30.3 Å². The normalized spacial score (nSPS) is 17.0. The van der Waals surface area contributed by atoms with Gasteiger partial charge in [0.2, 0.25) is 5.91 Å². The van der Waals surface area contributed by atoms with Crippen molar-refractivity contribution in [2.75, 3.05) is 16.8 Å². The number of amides is 2. The molecule has 0 aliphatic carbocycles. The minimum atomic E-state index is -0.854. The molecule has 7 nitrogen and oxygen atoms in total. The van der Waals surface area contributed by atoms with E-state index in [4.69, 9.17) is 9.47 Å². The van der Waals surface area contributed by atoms with Gasteiger partial charge >= 0.3 is 5.97 Å². The third-order valence-corrected chi connectivity index (χ3v) is 4.35. The van der Waals surface area contributed by atoms with Gasteiger partial charge in [-0.3, -0.25) is 9.59 Å². The quantitative estimate of drug-likeness (QED) is 0.804. The number of benzene rings is 2. The highest BCUT2D eigenvalue weighted by Gasteiger charge is 2.30. The lowest BCUT2D eigenvalue weighted by molar-refractivity contribution is -0.154. The number of anilines is 2. The minimum Gasteiger partial charge on any atom is -0.479 e. The molecule has 0 unspecified atom stereocenters. The second-order valence-electron chi connectivity index (χ2n) is 6.56. The second-order valence-corrected chi connectivity index (χ2v) is 6.56. The maximum absolute atomic E-state index is 12.8. The predicted octanol–water partition coefficient (Wildman–Crippen LogP) is 2.76. The van der Waals surface area contributed by atoms with Gasteiger partial charge in [0.05, 0.1) is 11.4 Å². The molecule has 1 heterocycles. The Kier molecular flexibility index (Phi) is 5.93. The molecule has 7 heteroatoms. The summed E-state index contributed by atoms with van der Waals surface area (Å²) < 4.78 is 10.7. The summed E-state index contributed by atoms with van der Waals surface area (Å²) in [5, 5.41) is 2.79. The topological polar surface area (TPSA) is 84.9 Å². The number of fused-ring (bicyclic) bond motifs is 1. The van der Waals surface area contributed by atoms with Crippen LogP contribution in [0.15, 0.2) is 54.6 Å². The first kappa shape index (κ1) is 19.4. The van der Waals surface area contributed by atoms with E-state index in [0.29, 0.717) is 17.1 Å². The largest absolute Gasteiger partial charge is 0.479 e. The first-order valence-corrected chi connectivity index (χ1v) is 9.05. The number of nitrogens with one attached hydrogen (secondary N) is 1. The van der Waals surface area contributed by atoms with Crippen molar-refractivity contribution in [2.24, 2.45) is 0 Å². The van der Waals surface area contributed by atoms with E-state index in [1.807, 2.05) is 6.07 Å². The fourth-order valence-corrected chi connectivity index (χ4v) is 3.04. The zero-order valence-corrected chi connectivity index (χ0v) is 15.8. The Balaban J connectivity index is 1.65. The number of nitrogens with zero attached hydrogens (tertiary/aromatic N) is 1. The molecule has 1 N–H and O–H groups in total. The van der Waals surface area contributed by atoms with Crippen LogP contribution >= 0.6 is 0 Å². The fourth-order valence-electron chi connectivity index (χ4n) is 3.04. The van der Waals surface area contributed by atoms with Crippen LogP contribution in [0.5, 0.6) is 5.75 Å². The molecule has 0 spiro atoms. The summed E-state index contributed by atoms with van der Waals surface area (Å²) in [4.78, 5) is 38.5. The van der Waals surface area contributed by atoms with E-state index < -0.39 is 24.6 Å². The minimum absolute atomic E-state index is 0.155. The lowest BCUT2D eigenvalue weighted by atomic mass is 10.1. The van der Waals surface area contributed by atoms with Gasteiger partial charge in [0, 0.05) is 12.5 Å². The molecule has 0 radical (unpaired) electrons. The molecule has 2 aromatic carbocycles. The van der Waals surface area contributed by atoms with Crippen LogP contribution in [0, 0.1) is 0 Å². The van der Waals surface area contributed by atoms with Gasteiger partial charge in [-0.2, -0.15) is 0 Å². The standard InChI is InChI=1S/C21H22N2O5/c1-14-12-19(24)22-17-10-6-7-11-18(17)23(14)20(25)13-27-21(26)15(2)28-16-8-4-3-5-9-16/h3-11,14-15H,12-13H2,1-2H3,(H,22,24)/t14-,15+/m0/s1. The molecule has 28 heavy (non-hydrogen) atoms. The van der Waals surface area contributed by atoms with E-state index in [0.717, 1.165) is 0 Å². The van der Waals surface area contributed by atoms with Crippen LogP contribution in [0.4, 0.5) is 11.4 Å². The van der Waals surface area contributed by atoms with Crippen molar-refractivity contribution >= 4 is 29.2 Å². The van der Waals surface area contributed by atoms with E-state index >= 15 is 0 Å². The summed E-state index contributed by atoms with van der Waals surface area (Å²) in [6.07, 6.45) is -0.700. The van der Waals surface area contributed by atoms with Gasteiger partial charge in [0.15, 0.2) is 12.7 Å². The van der Waals surface area contributed by atoms with Crippen LogP contribution in [-0.2, 0) is 19.1 Å². The molecule has 3 rings (SSSR count). The number of esters is 1. The van der Waals surface area contributed by atoms with E-state index in [9.17, 15) is 14.4 Å². The van der Waals surface area contributed by atoms with Gasteiger partial charge in [0.1, 0.15) is 5.75 Å². The van der Waals surface area contributed by atoms with Crippen molar-refractivity contribution in [1.82, 2.24) is 0 Å². The predicted molar refractivity (Wildman–Crippen MR) is 104 cm³/mol. The Morgan fingerprint density at radius 3 is 2.57 bits per heavy atom. The molecule has 0 saturated carbocycles. The van der Waals surface area contributed by atoms with Crippen LogP contribution in [0.2, 0.25) is 0 Å². The summed E-state index contributed by atoms with van der Waals surface area (Å²) in [5.41, 5.74) is 1.13. The average molecular weight is 382 g/mol. The summed E-state index contributed by atoms with van der Waals surface area (Å²) in [6, 6.07) is 15.6. The number of carbonyl (C=O) groups is 3. The first-order valence-electron chi connectivity index (χ1n) is 9.05. The highest BCUT2D eigenvalue weighted by Crippen LogP contribution is 2.31. The number of hydrogen-bond acceptors (Lipinski definition) is 5. The first-order chi connectivity index (χ1) is 13.5. The second kappa shape index (κ2) is 8.56. The van der Waals surface area contributed by atoms with Gasteiger partial charge in [-0.15, -0.1) is 0 Å². The van der Waals surface area contributed by atoms with Crippen LogP contribution in [-0.4, -0.2) is 36.5 Å². The summed E-state index contributed by atoms with van der Waals surface area (Å²) in [5.74, 6) is -0.672. The summed E-state index contributed by atoms with van der Waals surface area (Å²) in [6.45, 7) is 2.91. The van der Waals surface area contributed by atoms with Crippen LogP contribution < -0.4 is 15.0 Å². The molecule has 0 fully saturated rings. The van der Waals surface area contributed by atoms with Crippen LogP contribution in [0.25, 0.3) is 0 Å². The van der Waals surface area contributed by atoms with Gasteiger partial charge in [-0.25, -0.2) is 4.79 Å². The third kappa shape index (κ3) is 4.49. The van der Waals surface area contributed by atoms with Crippen LogP contribution in [0.3, 0.4) is 0 Å². The monoisotopic (exact) mass is 382 g/mol. The zero-order valence-electron chi connectivity index (χ0n) is 15.8. The Bertz CT molecular complexity index is 868. The maximum atomic E-state index is 12.8. The van der Waals surface area contributed by atoms with Crippen LogP contribution in [0.1, 0.15) is 20.3 Å². The zero-order chi connectivity index (χ0) is 20.1. The van der Waals surface area contributed by atoms with Crippen molar-refractivity contribution in [3.63, 3.8) is 0 Å².